The second-order valence-electron chi connectivity index (χ2n) is 6.26. The number of amides is 1. The van der Waals surface area contributed by atoms with Crippen molar-refractivity contribution in [1.82, 2.24) is 16.2 Å². The molecular weight excluding hydrogens is 282 g/mol. The van der Waals surface area contributed by atoms with Crippen LogP contribution in [0.4, 0.5) is 0 Å². The summed E-state index contributed by atoms with van der Waals surface area (Å²) in [5.41, 5.74) is 7.40. The Morgan fingerprint density at radius 3 is 3.00 bits per heavy atom. The van der Waals surface area contributed by atoms with Gasteiger partial charge in [-0.25, -0.2) is 0 Å². The SMILES string of the molecule is O=C(NCC1CC(C2CC2)NN1)C1OCOc2ccccc21. The first-order valence-electron chi connectivity index (χ1n) is 7.93. The Bertz CT molecular complexity index is 561. The van der Waals surface area contributed by atoms with Crippen LogP contribution in [0.1, 0.15) is 30.9 Å². The number of fused-ring (bicyclic) bond motifs is 1. The molecule has 1 aliphatic carbocycles. The van der Waals surface area contributed by atoms with Gasteiger partial charge in [0.05, 0.1) is 0 Å². The summed E-state index contributed by atoms with van der Waals surface area (Å²) < 4.78 is 10.9. The van der Waals surface area contributed by atoms with Crippen molar-refractivity contribution in [3.63, 3.8) is 0 Å². The Kier molecular flexibility index (Phi) is 3.73. The zero-order chi connectivity index (χ0) is 14.9. The number of para-hydroxylation sites is 1. The summed E-state index contributed by atoms with van der Waals surface area (Å²) in [6.07, 6.45) is 3.13. The average Bonchev–Trinajstić information content (AvgIpc) is 3.31. The number of hydrazine groups is 1. The Labute approximate surface area is 129 Å². The fraction of sp³-hybridized carbons (Fsp3) is 0.562. The van der Waals surface area contributed by atoms with Gasteiger partial charge in [-0.1, -0.05) is 18.2 Å². The van der Waals surface area contributed by atoms with Crippen molar-refractivity contribution in [2.45, 2.75) is 37.5 Å². The summed E-state index contributed by atoms with van der Waals surface area (Å²) in [6, 6.07) is 8.36. The van der Waals surface area contributed by atoms with Gasteiger partial charge in [-0.3, -0.25) is 15.6 Å². The summed E-state index contributed by atoms with van der Waals surface area (Å²) in [5.74, 6) is 1.44. The lowest BCUT2D eigenvalue weighted by Crippen LogP contribution is -2.43. The molecule has 0 bridgehead atoms. The van der Waals surface area contributed by atoms with E-state index in [4.69, 9.17) is 9.47 Å². The van der Waals surface area contributed by atoms with Gasteiger partial charge in [0, 0.05) is 24.2 Å². The summed E-state index contributed by atoms with van der Waals surface area (Å²) in [5, 5.41) is 2.99. The number of nitrogens with one attached hydrogen (secondary N) is 3. The van der Waals surface area contributed by atoms with Crippen LogP contribution in [-0.2, 0) is 9.53 Å². The van der Waals surface area contributed by atoms with E-state index in [0.717, 1.165) is 23.7 Å². The van der Waals surface area contributed by atoms with Crippen molar-refractivity contribution in [2.24, 2.45) is 5.92 Å². The number of carbonyl (C=O) groups is 1. The Balaban J connectivity index is 1.33. The summed E-state index contributed by atoms with van der Waals surface area (Å²) in [4.78, 5) is 12.4. The number of benzene rings is 1. The molecule has 0 aromatic heterocycles. The smallest absolute Gasteiger partial charge is 0.254 e. The molecule has 1 amide bonds. The van der Waals surface area contributed by atoms with Crippen LogP contribution >= 0.6 is 0 Å². The summed E-state index contributed by atoms with van der Waals surface area (Å²) >= 11 is 0. The van der Waals surface area contributed by atoms with Crippen molar-refractivity contribution >= 4 is 5.91 Å². The number of carbonyl (C=O) groups excluding carboxylic acids is 1. The topological polar surface area (TPSA) is 71.6 Å². The molecule has 2 aliphatic heterocycles. The number of hydrogen-bond acceptors (Lipinski definition) is 5. The molecule has 0 spiro atoms. The molecule has 3 aliphatic rings. The van der Waals surface area contributed by atoms with Crippen LogP contribution in [0.25, 0.3) is 0 Å². The van der Waals surface area contributed by atoms with E-state index in [2.05, 4.69) is 16.2 Å². The minimum Gasteiger partial charge on any atom is -0.467 e. The van der Waals surface area contributed by atoms with Crippen molar-refractivity contribution in [2.75, 3.05) is 13.3 Å². The lowest BCUT2D eigenvalue weighted by atomic mass is 10.1. The molecule has 1 saturated heterocycles. The molecule has 3 N–H and O–H groups in total. The molecule has 2 heterocycles. The van der Waals surface area contributed by atoms with Gasteiger partial charge in [0.1, 0.15) is 5.75 Å². The van der Waals surface area contributed by atoms with Crippen LogP contribution < -0.4 is 20.9 Å². The van der Waals surface area contributed by atoms with Gasteiger partial charge in [-0.05, 0) is 31.2 Å². The number of ether oxygens (including phenoxy) is 2. The molecule has 0 radical (unpaired) electrons. The fourth-order valence-corrected chi connectivity index (χ4v) is 3.21. The van der Waals surface area contributed by atoms with E-state index in [1.54, 1.807) is 0 Å². The molecule has 118 valence electrons. The molecule has 6 heteroatoms. The first-order chi connectivity index (χ1) is 10.8. The van der Waals surface area contributed by atoms with Gasteiger partial charge in [0.15, 0.2) is 12.9 Å². The molecule has 6 nitrogen and oxygen atoms in total. The molecule has 4 rings (SSSR count). The molecule has 3 atom stereocenters. The second-order valence-corrected chi connectivity index (χ2v) is 6.26. The highest BCUT2D eigenvalue weighted by Crippen LogP contribution is 2.35. The zero-order valence-electron chi connectivity index (χ0n) is 12.4. The van der Waals surface area contributed by atoms with E-state index in [1.807, 2.05) is 24.3 Å². The Hall–Kier alpha value is -1.63. The third-order valence-electron chi connectivity index (χ3n) is 4.61. The maximum absolute atomic E-state index is 12.4. The summed E-state index contributed by atoms with van der Waals surface area (Å²) in [6.45, 7) is 0.722. The van der Waals surface area contributed by atoms with Crippen LogP contribution in [0, 0.1) is 5.92 Å². The largest absolute Gasteiger partial charge is 0.467 e. The van der Waals surface area contributed by atoms with Gasteiger partial charge in [-0.15, -0.1) is 0 Å². The molecular formula is C16H21N3O3. The van der Waals surface area contributed by atoms with Crippen LogP contribution in [0.5, 0.6) is 5.75 Å². The van der Waals surface area contributed by atoms with E-state index < -0.39 is 6.10 Å². The maximum atomic E-state index is 12.4. The van der Waals surface area contributed by atoms with Crippen LogP contribution in [-0.4, -0.2) is 31.3 Å². The van der Waals surface area contributed by atoms with Gasteiger partial charge >= 0.3 is 0 Å². The van der Waals surface area contributed by atoms with Crippen LogP contribution in [0.2, 0.25) is 0 Å². The molecule has 22 heavy (non-hydrogen) atoms. The highest BCUT2D eigenvalue weighted by atomic mass is 16.7. The van der Waals surface area contributed by atoms with Crippen molar-refractivity contribution in [1.29, 1.82) is 0 Å². The highest BCUT2D eigenvalue weighted by molar-refractivity contribution is 5.83. The van der Waals surface area contributed by atoms with Gasteiger partial charge in [-0.2, -0.15) is 0 Å². The minimum absolute atomic E-state index is 0.104. The van der Waals surface area contributed by atoms with Crippen LogP contribution in [0.3, 0.4) is 0 Å². The zero-order valence-corrected chi connectivity index (χ0v) is 12.4. The van der Waals surface area contributed by atoms with E-state index in [1.165, 1.54) is 12.8 Å². The van der Waals surface area contributed by atoms with Crippen molar-refractivity contribution in [3.05, 3.63) is 29.8 Å². The maximum Gasteiger partial charge on any atom is 0.254 e. The van der Waals surface area contributed by atoms with Gasteiger partial charge in [0.25, 0.3) is 5.91 Å². The summed E-state index contributed by atoms with van der Waals surface area (Å²) in [7, 11) is 0. The molecule has 2 fully saturated rings. The van der Waals surface area contributed by atoms with Crippen molar-refractivity contribution < 1.29 is 14.3 Å². The van der Waals surface area contributed by atoms with E-state index in [-0.39, 0.29) is 18.7 Å². The average molecular weight is 303 g/mol. The van der Waals surface area contributed by atoms with E-state index >= 15 is 0 Å². The fourth-order valence-electron chi connectivity index (χ4n) is 3.21. The van der Waals surface area contributed by atoms with Gasteiger partial charge in [0.2, 0.25) is 0 Å². The van der Waals surface area contributed by atoms with Crippen LogP contribution in [0.15, 0.2) is 24.3 Å². The Morgan fingerprint density at radius 1 is 1.27 bits per heavy atom. The Morgan fingerprint density at radius 2 is 2.14 bits per heavy atom. The molecule has 1 saturated carbocycles. The predicted molar refractivity (Wildman–Crippen MR) is 80.0 cm³/mol. The van der Waals surface area contributed by atoms with E-state index in [9.17, 15) is 4.79 Å². The lowest BCUT2D eigenvalue weighted by Gasteiger charge is -2.25. The van der Waals surface area contributed by atoms with Gasteiger partial charge < -0.3 is 14.8 Å². The molecule has 1 aromatic carbocycles. The third-order valence-corrected chi connectivity index (χ3v) is 4.61. The first-order valence-corrected chi connectivity index (χ1v) is 7.93. The lowest BCUT2D eigenvalue weighted by molar-refractivity contribution is -0.142. The van der Waals surface area contributed by atoms with Crippen molar-refractivity contribution in [3.8, 4) is 5.75 Å². The highest BCUT2D eigenvalue weighted by Gasteiger charge is 2.37. The predicted octanol–water partition coefficient (Wildman–Crippen LogP) is 0.856. The number of rotatable bonds is 4. The second kappa shape index (κ2) is 5.87. The number of hydrogen-bond donors (Lipinski definition) is 3. The molecule has 1 aromatic rings. The monoisotopic (exact) mass is 303 g/mol. The third kappa shape index (κ3) is 2.82. The first kappa shape index (κ1) is 14.0. The van der Waals surface area contributed by atoms with E-state index in [0.29, 0.717) is 12.6 Å². The minimum atomic E-state index is -0.585. The quantitative estimate of drug-likeness (QED) is 0.769. The normalized spacial score (nSPS) is 30.5. The standard InChI is InChI=1S/C16H21N3O3/c20-16(15-12-3-1-2-4-14(12)21-9-22-15)17-8-11-7-13(19-18-11)10-5-6-10/h1-4,10-11,13,15,18-19H,5-9H2,(H,17,20). The molecule has 3 unspecified atom stereocenters.